The number of anilines is 1. The first-order valence-corrected chi connectivity index (χ1v) is 11.9. The number of carbonyl (C=O) groups is 2. The molecule has 2 heterocycles. The lowest BCUT2D eigenvalue weighted by Gasteiger charge is -2.23. The van der Waals surface area contributed by atoms with Crippen LogP contribution in [0.3, 0.4) is 0 Å². The minimum absolute atomic E-state index is 0.0362. The Balaban J connectivity index is 1.83. The SMILES string of the molecule is C=CCOc1cccc(C2/C(=C(\O)c3ccc(OCCC)cc3)C(=O)C(=O)N2c2nnc(C)s2)c1. The molecule has 0 radical (unpaired) electrons. The van der Waals surface area contributed by atoms with E-state index >= 15 is 0 Å². The minimum Gasteiger partial charge on any atom is -0.507 e. The summed E-state index contributed by atoms with van der Waals surface area (Å²) in [6.45, 7) is 8.30. The monoisotopic (exact) mass is 491 g/mol. The normalized spacial score (nSPS) is 17.0. The van der Waals surface area contributed by atoms with Crippen LogP contribution in [0.1, 0.15) is 35.5 Å². The van der Waals surface area contributed by atoms with Crippen molar-refractivity contribution >= 4 is 33.9 Å². The molecule has 1 amide bonds. The third kappa shape index (κ3) is 4.95. The number of ether oxygens (including phenoxy) is 2. The quantitative estimate of drug-likeness (QED) is 0.198. The second-order valence-electron chi connectivity index (χ2n) is 7.82. The minimum atomic E-state index is -0.911. The molecule has 0 aliphatic carbocycles. The Bertz CT molecular complexity index is 1280. The zero-order valence-corrected chi connectivity index (χ0v) is 20.2. The molecule has 0 saturated carbocycles. The number of Topliss-reactive ketones (excluding diaryl/α,β-unsaturated/α-hetero) is 1. The van der Waals surface area contributed by atoms with E-state index in [2.05, 4.69) is 16.8 Å². The average Bonchev–Trinajstić information content (AvgIpc) is 3.41. The molecule has 9 heteroatoms. The van der Waals surface area contributed by atoms with E-state index in [9.17, 15) is 14.7 Å². The molecule has 2 aromatic carbocycles. The molecule has 4 rings (SSSR count). The van der Waals surface area contributed by atoms with Crippen molar-refractivity contribution in [2.75, 3.05) is 18.1 Å². The van der Waals surface area contributed by atoms with Gasteiger partial charge >= 0.3 is 5.91 Å². The summed E-state index contributed by atoms with van der Waals surface area (Å²) in [5.41, 5.74) is 0.943. The Labute approximate surface area is 207 Å². The van der Waals surface area contributed by atoms with Gasteiger partial charge in [-0.3, -0.25) is 14.5 Å². The highest BCUT2D eigenvalue weighted by molar-refractivity contribution is 7.15. The summed E-state index contributed by atoms with van der Waals surface area (Å²) in [6.07, 6.45) is 2.49. The van der Waals surface area contributed by atoms with E-state index in [1.165, 1.54) is 16.2 Å². The number of amides is 1. The first-order valence-electron chi connectivity index (χ1n) is 11.1. The van der Waals surface area contributed by atoms with E-state index in [0.717, 1.165) is 6.42 Å². The van der Waals surface area contributed by atoms with Gasteiger partial charge in [0.05, 0.1) is 18.2 Å². The summed E-state index contributed by atoms with van der Waals surface area (Å²) < 4.78 is 11.3. The van der Waals surface area contributed by atoms with Crippen molar-refractivity contribution in [2.24, 2.45) is 0 Å². The number of hydrogen-bond acceptors (Lipinski definition) is 8. The van der Waals surface area contributed by atoms with Gasteiger partial charge in [0.2, 0.25) is 5.13 Å². The number of aliphatic hydroxyl groups excluding tert-OH is 1. The molecule has 3 aromatic rings. The molecular weight excluding hydrogens is 466 g/mol. The maximum Gasteiger partial charge on any atom is 0.301 e. The summed E-state index contributed by atoms with van der Waals surface area (Å²) in [4.78, 5) is 27.7. The second kappa shape index (κ2) is 10.5. The van der Waals surface area contributed by atoms with Crippen LogP contribution in [0.4, 0.5) is 5.13 Å². The fraction of sp³-hybridized carbons (Fsp3) is 0.231. The Morgan fingerprint density at radius 3 is 2.57 bits per heavy atom. The summed E-state index contributed by atoms with van der Waals surface area (Å²) >= 11 is 1.19. The van der Waals surface area contributed by atoms with E-state index < -0.39 is 17.7 Å². The van der Waals surface area contributed by atoms with E-state index in [-0.39, 0.29) is 16.5 Å². The van der Waals surface area contributed by atoms with Gasteiger partial charge in [-0.1, -0.05) is 43.0 Å². The summed E-state index contributed by atoms with van der Waals surface area (Å²) in [7, 11) is 0. The van der Waals surface area contributed by atoms with E-state index in [4.69, 9.17) is 9.47 Å². The predicted molar refractivity (Wildman–Crippen MR) is 134 cm³/mol. The largest absolute Gasteiger partial charge is 0.507 e. The standard InChI is InChI=1S/C26H25N3O5S/c1-4-13-33-19-11-9-17(10-12-19)23(30)21-22(18-7-6-8-20(15-18)34-14-5-2)29(25(32)24(21)31)26-28-27-16(3)35-26/h5-12,15,22,30H,2,4,13-14H2,1,3H3/b23-21+. The highest BCUT2D eigenvalue weighted by Crippen LogP contribution is 2.43. The van der Waals surface area contributed by atoms with Crippen molar-refractivity contribution in [3.63, 3.8) is 0 Å². The van der Waals surface area contributed by atoms with Crippen LogP contribution in [0.2, 0.25) is 0 Å². The lowest BCUT2D eigenvalue weighted by molar-refractivity contribution is -0.132. The lowest BCUT2D eigenvalue weighted by Crippen LogP contribution is -2.29. The number of ketones is 1. The summed E-state index contributed by atoms with van der Waals surface area (Å²) in [5.74, 6) is -0.677. The van der Waals surface area contributed by atoms with Gasteiger partial charge in [0.15, 0.2) is 0 Å². The number of aliphatic hydroxyl groups is 1. The Hall–Kier alpha value is -3.98. The molecule has 1 N–H and O–H groups in total. The molecule has 1 saturated heterocycles. The van der Waals surface area contributed by atoms with Crippen LogP contribution in [-0.2, 0) is 9.59 Å². The number of benzene rings is 2. The second-order valence-corrected chi connectivity index (χ2v) is 8.98. The van der Waals surface area contributed by atoms with Gasteiger partial charge in [-0.2, -0.15) is 0 Å². The van der Waals surface area contributed by atoms with E-state index in [0.29, 0.717) is 40.8 Å². The molecule has 1 aliphatic heterocycles. The predicted octanol–water partition coefficient (Wildman–Crippen LogP) is 4.83. The zero-order valence-electron chi connectivity index (χ0n) is 19.4. The average molecular weight is 492 g/mol. The van der Waals surface area contributed by atoms with Crippen LogP contribution in [0.15, 0.2) is 66.8 Å². The Morgan fingerprint density at radius 1 is 1.14 bits per heavy atom. The van der Waals surface area contributed by atoms with Crippen LogP contribution in [0.5, 0.6) is 11.5 Å². The number of nitrogens with zero attached hydrogens (tertiary/aromatic N) is 3. The maximum absolute atomic E-state index is 13.2. The highest BCUT2D eigenvalue weighted by Gasteiger charge is 2.48. The van der Waals surface area contributed by atoms with Crippen LogP contribution in [0.25, 0.3) is 5.76 Å². The fourth-order valence-corrected chi connectivity index (χ4v) is 4.46. The topological polar surface area (TPSA) is 102 Å². The third-order valence-electron chi connectivity index (χ3n) is 5.31. The van der Waals surface area contributed by atoms with Gasteiger partial charge in [0, 0.05) is 5.56 Å². The van der Waals surface area contributed by atoms with Crippen molar-refractivity contribution in [1.29, 1.82) is 0 Å². The molecule has 1 aromatic heterocycles. The van der Waals surface area contributed by atoms with Gasteiger partial charge in [-0.15, -0.1) is 10.2 Å². The molecule has 35 heavy (non-hydrogen) atoms. The molecule has 0 spiro atoms. The van der Waals surface area contributed by atoms with Crippen molar-refractivity contribution in [1.82, 2.24) is 10.2 Å². The van der Waals surface area contributed by atoms with Crippen molar-refractivity contribution in [3.05, 3.63) is 82.9 Å². The molecule has 1 unspecified atom stereocenters. The molecule has 8 nitrogen and oxygen atoms in total. The van der Waals surface area contributed by atoms with Crippen molar-refractivity contribution in [2.45, 2.75) is 26.3 Å². The number of aromatic nitrogens is 2. The van der Waals surface area contributed by atoms with Gasteiger partial charge < -0.3 is 14.6 Å². The fourth-order valence-electron chi connectivity index (χ4n) is 3.74. The summed E-state index contributed by atoms with van der Waals surface area (Å²) in [5, 5.41) is 20.3. The number of hydrogen-bond donors (Lipinski definition) is 1. The van der Waals surface area contributed by atoms with Crippen LogP contribution in [-0.4, -0.2) is 40.2 Å². The van der Waals surface area contributed by atoms with Gasteiger partial charge in [-0.25, -0.2) is 0 Å². The lowest BCUT2D eigenvalue weighted by atomic mass is 9.95. The molecular formula is C26H25N3O5S. The molecule has 180 valence electrons. The number of rotatable bonds is 9. The van der Waals surface area contributed by atoms with Crippen LogP contribution >= 0.6 is 11.3 Å². The number of carbonyl (C=O) groups excluding carboxylic acids is 2. The van der Waals surface area contributed by atoms with Gasteiger partial charge in [0.1, 0.15) is 28.9 Å². The van der Waals surface area contributed by atoms with Crippen molar-refractivity contribution < 1.29 is 24.2 Å². The van der Waals surface area contributed by atoms with E-state index in [1.54, 1.807) is 61.5 Å². The first-order chi connectivity index (χ1) is 16.9. The smallest absolute Gasteiger partial charge is 0.301 e. The van der Waals surface area contributed by atoms with Gasteiger partial charge in [0.25, 0.3) is 5.78 Å². The molecule has 1 aliphatic rings. The third-order valence-corrected chi connectivity index (χ3v) is 6.15. The molecule has 0 bridgehead atoms. The van der Waals surface area contributed by atoms with Gasteiger partial charge in [-0.05, 0) is 55.3 Å². The maximum atomic E-state index is 13.2. The summed E-state index contributed by atoms with van der Waals surface area (Å²) in [6, 6.07) is 12.9. The highest BCUT2D eigenvalue weighted by atomic mass is 32.1. The van der Waals surface area contributed by atoms with Crippen LogP contribution in [0, 0.1) is 6.92 Å². The first kappa shape index (κ1) is 24.2. The Kier molecular flexibility index (Phi) is 7.26. The number of aryl methyl sites for hydroxylation is 1. The Morgan fingerprint density at radius 2 is 1.91 bits per heavy atom. The van der Waals surface area contributed by atoms with Crippen molar-refractivity contribution in [3.8, 4) is 11.5 Å². The van der Waals surface area contributed by atoms with Crippen LogP contribution < -0.4 is 14.4 Å². The zero-order chi connectivity index (χ0) is 24.9. The van der Waals surface area contributed by atoms with E-state index in [1.807, 2.05) is 6.92 Å². The molecule has 1 atom stereocenters. The molecule has 1 fully saturated rings.